The van der Waals surface area contributed by atoms with E-state index in [0.29, 0.717) is 10.6 Å². The van der Waals surface area contributed by atoms with Crippen LogP contribution in [0.2, 0.25) is 15.1 Å². The van der Waals surface area contributed by atoms with Crippen molar-refractivity contribution in [3.8, 4) is 0 Å². The molecular formula is C13H11Cl3N2O4S2. The van der Waals surface area contributed by atoms with Gasteiger partial charge in [-0.25, -0.2) is 13.4 Å². The minimum Gasteiger partial charge on any atom is -0.481 e. The molecule has 0 aliphatic heterocycles. The smallest absolute Gasteiger partial charge is 0.311 e. The Balaban J connectivity index is 2.41. The van der Waals surface area contributed by atoms with E-state index >= 15 is 0 Å². The van der Waals surface area contributed by atoms with Crippen LogP contribution < -0.4 is 4.72 Å². The Morgan fingerprint density at radius 2 is 1.83 bits per heavy atom. The number of aliphatic carboxylic acids is 1. The lowest BCUT2D eigenvalue weighted by atomic mass is 10.1. The van der Waals surface area contributed by atoms with E-state index in [1.54, 1.807) is 6.92 Å². The van der Waals surface area contributed by atoms with Crippen molar-refractivity contribution < 1.29 is 18.3 Å². The Hall–Kier alpha value is -1.06. The maximum Gasteiger partial charge on any atom is 0.311 e. The Labute approximate surface area is 157 Å². The summed E-state index contributed by atoms with van der Waals surface area (Å²) in [5, 5.41) is 9.03. The van der Waals surface area contributed by atoms with E-state index < -0.39 is 21.9 Å². The van der Waals surface area contributed by atoms with Gasteiger partial charge in [0.15, 0.2) is 5.13 Å². The molecule has 1 aromatic carbocycles. The number of carboxylic acid groups (broad SMARTS) is 1. The molecule has 130 valence electrons. The average molecular weight is 430 g/mol. The molecule has 2 aromatic rings. The van der Waals surface area contributed by atoms with Crippen LogP contribution in [-0.4, -0.2) is 24.5 Å². The van der Waals surface area contributed by atoms with E-state index in [1.807, 2.05) is 0 Å². The average Bonchev–Trinajstić information content (AvgIpc) is 2.75. The highest BCUT2D eigenvalue weighted by atomic mass is 35.5. The van der Waals surface area contributed by atoms with E-state index in [1.165, 1.54) is 19.1 Å². The minimum atomic E-state index is -4.11. The van der Waals surface area contributed by atoms with Crippen LogP contribution in [0.15, 0.2) is 17.0 Å². The molecule has 0 aliphatic carbocycles. The molecule has 0 saturated heterocycles. The van der Waals surface area contributed by atoms with Gasteiger partial charge in [-0.05, 0) is 26.0 Å². The molecule has 6 nitrogen and oxygen atoms in total. The first kappa shape index (κ1) is 19.3. The first-order valence-electron chi connectivity index (χ1n) is 6.40. The van der Waals surface area contributed by atoms with Gasteiger partial charge >= 0.3 is 5.97 Å². The molecular weight excluding hydrogens is 419 g/mol. The first-order chi connectivity index (χ1) is 11.0. The number of rotatable bonds is 5. The molecule has 0 radical (unpaired) electrons. The van der Waals surface area contributed by atoms with E-state index in [2.05, 4.69) is 9.71 Å². The van der Waals surface area contributed by atoms with Crippen molar-refractivity contribution in [2.24, 2.45) is 0 Å². The predicted octanol–water partition coefficient (Wildman–Crippen LogP) is 4.40. The normalized spacial score (nSPS) is 12.9. The second kappa shape index (κ2) is 7.05. The maximum atomic E-state index is 12.5. The summed E-state index contributed by atoms with van der Waals surface area (Å²) in [5.41, 5.74) is 0.431. The largest absolute Gasteiger partial charge is 0.481 e. The summed E-state index contributed by atoms with van der Waals surface area (Å²) in [7, 11) is -4.11. The molecule has 0 aliphatic rings. The first-order valence-corrected chi connectivity index (χ1v) is 9.83. The number of benzene rings is 1. The van der Waals surface area contributed by atoms with Crippen LogP contribution in [0, 0.1) is 6.92 Å². The van der Waals surface area contributed by atoms with E-state index in [4.69, 9.17) is 39.9 Å². The molecule has 0 amide bonds. The zero-order chi connectivity index (χ0) is 18.2. The third-order valence-corrected chi connectivity index (χ3v) is 6.91. The topological polar surface area (TPSA) is 96.4 Å². The number of carboxylic acids is 1. The van der Waals surface area contributed by atoms with Gasteiger partial charge in [0.05, 0.1) is 21.7 Å². The number of hydrogen-bond acceptors (Lipinski definition) is 5. The van der Waals surface area contributed by atoms with Crippen molar-refractivity contribution in [1.29, 1.82) is 0 Å². The molecule has 1 aromatic heterocycles. The molecule has 24 heavy (non-hydrogen) atoms. The minimum absolute atomic E-state index is 0.0256. The quantitative estimate of drug-likeness (QED) is 0.734. The van der Waals surface area contributed by atoms with Crippen molar-refractivity contribution in [1.82, 2.24) is 4.98 Å². The van der Waals surface area contributed by atoms with Gasteiger partial charge in [0, 0.05) is 9.90 Å². The molecule has 11 heteroatoms. The highest BCUT2D eigenvalue weighted by Crippen LogP contribution is 2.35. The fourth-order valence-electron chi connectivity index (χ4n) is 1.92. The second-order valence-corrected chi connectivity index (χ2v) is 8.73. The number of thiazole rings is 1. The van der Waals surface area contributed by atoms with Gasteiger partial charge < -0.3 is 5.11 Å². The molecule has 0 bridgehead atoms. The summed E-state index contributed by atoms with van der Waals surface area (Å²) >= 11 is 18.6. The van der Waals surface area contributed by atoms with Gasteiger partial charge in [-0.3, -0.25) is 9.52 Å². The summed E-state index contributed by atoms with van der Waals surface area (Å²) in [6.07, 6.45) is 0. The van der Waals surface area contributed by atoms with Crippen molar-refractivity contribution in [2.45, 2.75) is 24.7 Å². The Kier molecular flexibility index (Phi) is 5.66. The van der Waals surface area contributed by atoms with Crippen molar-refractivity contribution in [3.05, 3.63) is 37.8 Å². The van der Waals surface area contributed by atoms with Gasteiger partial charge in [0.2, 0.25) is 0 Å². The molecule has 1 unspecified atom stereocenters. The van der Waals surface area contributed by atoms with Crippen LogP contribution in [0.25, 0.3) is 0 Å². The second-order valence-electron chi connectivity index (χ2n) is 4.83. The summed E-state index contributed by atoms with van der Waals surface area (Å²) < 4.78 is 27.3. The van der Waals surface area contributed by atoms with Gasteiger partial charge in [0.1, 0.15) is 4.90 Å². The number of hydrogen-bond donors (Lipinski definition) is 2. The van der Waals surface area contributed by atoms with Crippen LogP contribution >= 0.6 is 46.1 Å². The van der Waals surface area contributed by atoms with Crippen LogP contribution in [0.5, 0.6) is 0 Å². The maximum absolute atomic E-state index is 12.5. The van der Waals surface area contributed by atoms with Crippen molar-refractivity contribution >= 4 is 67.3 Å². The fraction of sp³-hybridized carbons (Fsp3) is 0.231. The molecule has 2 N–H and O–H groups in total. The molecule has 0 saturated carbocycles. The summed E-state index contributed by atoms with van der Waals surface area (Å²) in [4.78, 5) is 15.3. The molecule has 1 heterocycles. The molecule has 2 rings (SSSR count). The number of nitrogens with one attached hydrogen (secondary N) is 1. The number of aromatic nitrogens is 1. The lowest BCUT2D eigenvalue weighted by Crippen LogP contribution is -2.14. The van der Waals surface area contributed by atoms with Gasteiger partial charge in [0.25, 0.3) is 10.0 Å². The highest BCUT2D eigenvalue weighted by molar-refractivity contribution is 7.93. The summed E-state index contributed by atoms with van der Waals surface area (Å²) in [6, 6.07) is 2.52. The standard InChI is InChI=1S/C13H11Cl3N2O4S2/c1-5(12(19)20)10-6(2)17-13(23-10)18-24(21,22)11-8(15)3-7(14)4-9(11)16/h3-5H,1-2H3,(H,17,18)(H,19,20). The number of halogens is 3. The Morgan fingerprint density at radius 3 is 2.33 bits per heavy atom. The lowest BCUT2D eigenvalue weighted by Gasteiger charge is -2.09. The zero-order valence-corrected chi connectivity index (χ0v) is 16.2. The summed E-state index contributed by atoms with van der Waals surface area (Å²) in [5.74, 6) is -1.83. The number of carbonyl (C=O) groups is 1. The number of anilines is 1. The molecule has 0 spiro atoms. The zero-order valence-electron chi connectivity index (χ0n) is 12.3. The fourth-order valence-corrected chi connectivity index (χ4v) is 5.71. The van der Waals surface area contributed by atoms with Gasteiger partial charge in [-0.15, -0.1) is 11.3 Å². The Bertz CT molecular complexity index is 889. The third-order valence-electron chi connectivity index (χ3n) is 3.05. The highest BCUT2D eigenvalue weighted by Gasteiger charge is 2.26. The van der Waals surface area contributed by atoms with Crippen LogP contribution in [0.3, 0.4) is 0 Å². The van der Waals surface area contributed by atoms with Gasteiger partial charge in [-0.2, -0.15) is 0 Å². The Morgan fingerprint density at radius 1 is 1.29 bits per heavy atom. The van der Waals surface area contributed by atoms with Crippen LogP contribution in [0.4, 0.5) is 5.13 Å². The lowest BCUT2D eigenvalue weighted by molar-refractivity contribution is -0.138. The van der Waals surface area contributed by atoms with E-state index in [9.17, 15) is 13.2 Å². The van der Waals surface area contributed by atoms with Gasteiger partial charge in [-0.1, -0.05) is 34.8 Å². The molecule has 1 atom stereocenters. The number of aryl methyl sites for hydroxylation is 1. The summed E-state index contributed by atoms with van der Waals surface area (Å²) in [6.45, 7) is 3.10. The predicted molar refractivity (Wildman–Crippen MR) is 95.2 cm³/mol. The number of sulfonamides is 1. The number of nitrogens with zero attached hydrogens (tertiary/aromatic N) is 1. The van der Waals surface area contributed by atoms with Crippen molar-refractivity contribution in [3.63, 3.8) is 0 Å². The van der Waals surface area contributed by atoms with Crippen molar-refractivity contribution in [2.75, 3.05) is 4.72 Å². The van der Waals surface area contributed by atoms with E-state index in [-0.39, 0.29) is 25.1 Å². The molecule has 0 fully saturated rings. The third kappa shape index (κ3) is 3.94. The van der Waals surface area contributed by atoms with Crippen LogP contribution in [-0.2, 0) is 14.8 Å². The van der Waals surface area contributed by atoms with E-state index in [0.717, 1.165) is 11.3 Å². The van der Waals surface area contributed by atoms with Crippen LogP contribution in [0.1, 0.15) is 23.4 Å². The monoisotopic (exact) mass is 428 g/mol. The SMILES string of the molecule is Cc1nc(NS(=O)(=O)c2c(Cl)cc(Cl)cc2Cl)sc1C(C)C(=O)O.